The Balaban J connectivity index is 1.73. The van der Waals surface area contributed by atoms with Crippen LogP contribution in [0.15, 0.2) is 52.8 Å². The molecule has 0 fully saturated rings. The Morgan fingerprint density at radius 3 is 2.83 bits per heavy atom. The summed E-state index contributed by atoms with van der Waals surface area (Å²) in [6.45, 7) is 3.34. The van der Waals surface area contributed by atoms with Crippen LogP contribution in [0.5, 0.6) is 11.5 Å². The van der Waals surface area contributed by atoms with Gasteiger partial charge in [-0.25, -0.2) is 10.2 Å². The number of ether oxygens (including phenoxy) is 2. The maximum absolute atomic E-state index is 12.6. The maximum atomic E-state index is 12.6. The van der Waals surface area contributed by atoms with Crippen LogP contribution in [0.4, 0.5) is 0 Å². The predicted octanol–water partition coefficient (Wildman–Crippen LogP) is 3.54. The number of para-hydroxylation sites is 1. The Morgan fingerprint density at radius 1 is 1.34 bits per heavy atom. The summed E-state index contributed by atoms with van der Waals surface area (Å²) in [5, 5.41) is 20.7. The summed E-state index contributed by atoms with van der Waals surface area (Å²) in [5.41, 5.74) is 4.24. The topological polar surface area (TPSA) is 121 Å². The number of esters is 1. The number of hydrazone groups is 1. The van der Waals surface area contributed by atoms with Gasteiger partial charge in [-0.05, 0) is 66.9 Å². The number of amides is 1. The average Bonchev–Trinajstić information content (AvgIpc) is 2.80. The van der Waals surface area contributed by atoms with Gasteiger partial charge in [-0.15, -0.1) is 0 Å². The second-order valence-electron chi connectivity index (χ2n) is 7.24. The molecular weight excluding hydrogens is 607 g/mol. The number of thiocarbonyl (C=S) groups is 1. The van der Waals surface area contributed by atoms with Gasteiger partial charge in [0.15, 0.2) is 11.7 Å². The van der Waals surface area contributed by atoms with E-state index in [1.165, 1.54) is 12.3 Å². The first-order valence-corrected chi connectivity index (χ1v) is 12.2. The molecule has 2 aromatic carbocycles. The fourth-order valence-corrected chi connectivity index (χ4v) is 4.62. The van der Waals surface area contributed by atoms with E-state index in [1.807, 2.05) is 22.6 Å². The second kappa shape index (κ2) is 12.2. The van der Waals surface area contributed by atoms with Crippen molar-refractivity contribution in [1.29, 1.82) is 0 Å². The molecule has 0 bridgehead atoms. The number of nitrogens with one attached hydrogen (secondary N) is 3. The lowest BCUT2D eigenvalue weighted by Crippen LogP contribution is -2.45. The van der Waals surface area contributed by atoms with Crippen molar-refractivity contribution in [2.24, 2.45) is 5.10 Å². The average molecular weight is 629 g/mol. The van der Waals surface area contributed by atoms with E-state index in [2.05, 4.69) is 21.2 Å². The van der Waals surface area contributed by atoms with Gasteiger partial charge in [0.1, 0.15) is 11.5 Å². The molecule has 1 heterocycles. The van der Waals surface area contributed by atoms with Crippen molar-refractivity contribution >= 4 is 69.6 Å². The molecule has 12 heteroatoms. The number of nitrogens with zero attached hydrogens (tertiary/aromatic N) is 1. The SMILES string of the molecule is CCOC(=O)C1=C(C)NC(=S)N[C@H]1c1ccccc1OCC(=O)NN=Cc1cc(Cl)cc(I)c1O. The highest BCUT2D eigenvalue weighted by Crippen LogP contribution is 2.33. The number of rotatable bonds is 8. The Morgan fingerprint density at radius 2 is 2.09 bits per heavy atom. The molecule has 2 aromatic rings. The van der Waals surface area contributed by atoms with E-state index < -0.39 is 17.9 Å². The highest BCUT2D eigenvalue weighted by atomic mass is 127. The molecule has 0 aliphatic carbocycles. The largest absolute Gasteiger partial charge is 0.506 e. The molecule has 184 valence electrons. The van der Waals surface area contributed by atoms with Gasteiger partial charge >= 0.3 is 5.97 Å². The van der Waals surface area contributed by atoms with Crippen LogP contribution in [-0.4, -0.2) is 41.5 Å². The van der Waals surface area contributed by atoms with Crippen LogP contribution in [0.1, 0.15) is 31.0 Å². The van der Waals surface area contributed by atoms with Crippen LogP contribution < -0.4 is 20.8 Å². The van der Waals surface area contributed by atoms with Crippen LogP contribution in [-0.2, 0) is 14.3 Å². The molecule has 0 spiro atoms. The number of phenolic OH excluding ortho intramolecular Hbond substituents is 1. The minimum atomic E-state index is -0.631. The van der Waals surface area contributed by atoms with Gasteiger partial charge in [-0.2, -0.15) is 5.10 Å². The molecule has 1 atom stereocenters. The Bertz CT molecular complexity index is 1220. The molecule has 1 aliphatic rings. The number of phenols is 1. The third-order valence-electron chi connectivity index (χ3n) is 4.80. The van der Waals surface area contributed by atoms with Crippen LogP contribution in [0, 0.1) is 3.57 Å². The zero-order chi connectivity index (χ0) is 25.5. The summed E-state index contributed by atoms with van der Waals surface area (Å²) in [5.74, 6) is -0.631. The van der Waals surface area contributed by atoms with Gasteiger partial charge < -0.3 is 25.2 Å². The molecule has 0 saturated carbocycles. The molecule has 1 aliphatic heterocycles. The van der Waals surface area contributed by atoms with E-state index in [-0.39, 0.29) is 19.0 Å². The fraction of sp³-hybridized carbons (Fsp3) is 0.217. The van der Waals surface area contributed by atoms with Crippen molar-refractivity contribution in [3.63, 3.8) is 0 Å². The van der Waals surface area contributed by atoms with E-state index in [4.69, 9.17) is 33.3 Å². The first-order valence-electron chi connectivity index (χ1n) is 10.4. The molecule has 0 unspecified atom stereocenters. The number of halogens is 2. The Kier molecular flexibility index (Phi) is 9.29. The highest BCUT2D eigenvalue weighted by Gasteiger charge is 2.32. The van der Waals surface area contributed by atoms with E-state index in [1.54, 1.807) is 44.2 Å². The summed E-state index contributed by atoms with van der Waals surface area (Å²) < 4.78 is 11.5. The smallest absolute Gasteiger partial charge is 0.338 e. The van der Waals surface area contributed by atoms with Gasteiger partial charge in [0.05, 0.1) is 28.0 Å². The molecule has 0 saturated heterocycles. The van der Waals surface area contributed by atoms with Crippen molar-refractivity contribution in [1.82, 2.24) is 16.1 Å². The predicted molar refractivity (Wildman–Crippen MR) is 144 cm³/mol. The van der Waals surface area contributed by atoms with Crippen LogP contribution in [0.25, 0.3) is 0 Å². The number of hydrogen-bond acceptors (Lipinski definition) is 7. The fourth-order valence-electron chi connectivity index (χ4n) is 3.29. The molecular formula is C23H22ClIN4O5S. The van der Waals surface area contributed by atoms with E-state index in [0.717, 1.165) is 0 Å². The van der Waals surface area contributed by atoms with Gasteiger partial charge in [0.2, 0.25) is 0 Å². The number of benzene rings is 2. The number of aromatic hydroxyl groups is 1. The van der Waals surface area contributed by atoms with Crippen LogP contribution in [0.2, 0.25) is 5.02 Å². The molecule has 3 rings (SSSR count). The lowest BCUT2D eigenvalue weighted by atomic mass is 9.95. The third kappa shape index (κ3) is 6.83. The summed E-state index contributed by atoms with van der Waals surface area (Å²) in [4.78, 5) is 24.9. The van der Waals surface area contributed by atoms with Crippen molar-refractivity contribution in [3.8, 4) is 11.5 Å². The number of hydrogen-bond donors (Lipinski definition) is 4. The van der Waals surface area contributed by atoms with Gasteiger partial charge in [-0.3, -0.25) is 4.79 Å². The lowest BCUT2D eigenvalue weighted by molar-refractivity contribution is -0.139. The van der Waals surface area contributed by atoms with Crippen molar-refractivity contribution in [2.45, 2.75) is 19.9 Å². The number of carbonyl (C=O) groups excluding carboxylic acids is 2. The molecule has 9 nitrogen and oxygen atoms in total. The molecule has 0 radical (unpaired) electrons. The van der Waals surface area contributed by atoms with E-state index in [9.17, 15) is 14.7 Å². The maximum Gasteiger partial charge on any atom is 0.338 e. The first-order chi connectivity index (χ1) is 16.7. The molecule has 35 heavy (non-hydrogen) atoms. The number of allylic oxidation sites excluding steroid dienone is 1. The summed E-state index contributed by atoms with van der Waals surface area (Å²) in [6.07, 6.45) is 1.29. The Hall–Kier alpha value is -2.90. The van der Waals surface area contributed by atoms with Gasteiger partial charge in [0.25, 0.3) is 5.91 Å². The number of carbonyl (C=O) groups is 2. The first kappa shape index (κ1) is 26.7. The molecule has 0 aromatic heterocycles. The summed E-state index contributed by atoms with van der Waals surface area (Å²) >= 11 is 13.2. The molecule has 4 N–H and O–H groups in total. The quantitative estimate of drug-likeness (QED) is 0.115. The summed E-state index contributed by atoms with van der Waals surface area (Å²) in [7, 11) is 0. The zero-order valence-corrected chi connectivity index (χ0v) is 22.5. The second-order valence-corrected chi connectivity index (χ2v) is 9.24. The monoisotopic (exact) mass is 628 g/mol. The third-order valence-corrected chi connectivity index (χ3v) is 6.06. The summed E-state index contributed by atoms with van der Waals surface area (Å²) in [6, 6.07) is 9.49. The standard InChI is InChI=1S/C23H22ClIN4O5S/c1-3-33-22(32)19-12(2)27-23(35)28-20(19)15-6-4-5-7-17(15)34-11-18(30)29-26-10-13-8-14(24)9-16(25)21(13)31/h4-10,20,31H,3,11H2,1-2H3,(H,29,30)(H2,27,28,35)/t20-/m0/s1. The van der Waals surface area contributed by atoms with E-state index >= 15 is 0 Å². The lowest BCUT2D eigenvalue weighted by Gasteiger charge is -2.30. The van der Waals surface area contributed by atoms with E-state index in [0.29, 0.717) is 41.9 Å². The van der Waals surface area contributed by atoms with Crippen molar-refractivity contribution in [2.75, 3.05) is 13.2 Å². The van der Waals surface area contributed by atoms with Crippen LogP contribution >= 0.6 is 46.4 Å². The minimum absolute atomic E-state index is 0.00585. The Labute approximate surface area is 226 Å². The zero-order valence-electron chi connectivity index (χ0n) is 18.7. The highest BCUT2D eigenvalue weighted by molar-refractivity contribution is 14.1. The van der Waals surface area contributed by atoms with Gasteiger partial charge in [0, 0.05) is 21.8 Å². The molecule has 1 amide bonds. The minimum Gasteiger partial charge on any atom is -0.506 e. The normalized spacial score (nSPS) is 15.4. The van der Waals surface area contributed by atoms with Crippen LogP contribution in [0.3, 0.4) is 0 Å². The van der Waals surface area contributed by atoms with Crippen molar-refractivity contribution < 1.29 is 24.2 Å². The van der Waals surface area contributed by atoms with Crippen molar-refractivity contribution in [3.05, 3.63) is 67.4 Å². The van der Waals surface area contributed by atoms with Gasteiger partial charge in [-0.1, -0.05) is 29.8 Å².